The smallest absolute Gasteiger partial charge is 0.212 e. The van der Waals surface area contributed by atoms with Crippen LogP contribution >= 0.6 is 0 Å². The molecule has 1 aliphatic heterocycles. The van der Waals surface area contributed by atoms with Gasteiger partial charge < -0.3 is 15.0 Å². The summed E-state index contributed by atoms with van der Waals surface area (Å²) in [6.45, 7) is 6.33. The molecule has 4 rings (SSSR count). The van der Waals surface area contributed by atoms with E-state index in [0.29, 0.717) is 35.0 Å². The summed E-state index contributed by atoms with van der Waals surface area (Å²) < 4.78 is 5.49. The average molecular weight is 390 g/mol. The van der Waals surface area contributed by atoms with Gasteiger partial charge in [-0.25, -0.2) is 0 Å². The van der Waals surface area contributed by atoms with E-state index < -0.39 is 0 Å². The van der Waals surface area contributed by atoms with Gasteiger partial charge in [-0.2, -0.15) is 0 Å². The number of likely N-dealkylation sites (tertiary alicyclic amines) is 1. The van der Waals surface area contributed by atoms with E-state index in [1.807, 2.05) is 37.3 Å². The van der Waals surface area contributed by atoms with E-state index in [9.17, 15) is 9.59 Å². The number of Topliss-reactive ketones (excluding diaryl/α,β-unsaturated/α-hetero) is 2. The summed E-state index contributed by atoms with van der Waals surface area (Å²) in [5, 5.41) is 3.24. The van der Waals surface area contributed by atoms with Crippen molar-refractivity contribution in [1.29, 1.82) is 0 Å². The molecule has 5 heteroatoms. The van der Waals surface area contributed by atoms with Gasteiger partial charge in [0.25, 0.3) is 0 Å². The maximum atomic E-state index is 13.4. The predicted octanol–water partition coefficient (Wildman–Crippen LogP) is 4.52. The Hall–Kier alpha value is -3.08. The molecule has 0 amide bonds. The monoisotopic (exact) mass is 390 g/mol. The maximum absolute atomic E-state index is 13.4. The number of ketones is 2. The lowest BCUT2D eigenvalue weighted by atomic mass is 9.88. The maximum Gasteiger partial charge on any atom is 0.212 e. The van der Waals surface area contributed by atoms with Crippen LogP contribution in [0.2, 0.25) is 0 Å². The quantitative estimate of drug-likeness (QED) is 0.813. The van der Waals surface area contributed by atoms with Gasteiger partial charge in [0.2, 0.25) is 11.6 Å². The Morgan fingerprint density at radius 2 is 1.59 bits per heavy atom. The summed E-state index contributed by atoms with van der Waals surface area (Å²) in [6.07, 6.45) is 2.03. The molecule has 5 nitrogen and oxygen atoms in total. The Morgan fingerprint density at radius 3 is 2.21 bits per heavy atom. The van der Waals surface area contributed by atoms with Gasteiger partial charge in [0.1, 0.15) is 17.1 Å². The van der Waals surface area contributed by atoms with Gasteiger partial charge in [-0.15, -0.1) is 0 Å². The Morgan fingerprint density at radius 1 is 0.966 bits per heavy atom. The number of carbonyl (C=O) groups is 2. The highest BCUT2D eigenvalue weighted by atomic mass is 16.5. The Bertz CT molecular complexity index is 954. The van der Waals surface area contributed by atoms with Crippen LogP contribution in [0.4, 0.5) is 5.69 Å². The topological polar surface area (TPSA) is 58.6 Å². The number of hydrogen-bond acceptors (Lipinski definition) is 5. The minimum Gasteiger partial charge on any atom is -0.494 e. The van der Waals surface area contributed by atoms with E-state index in [-0.39, 0.29) is 11.6 Å². The number of anilines is 1. The van der Waals surface area contributed by atoms with Gasteiger partial charge in [0, 0.05) is 29.9 Å². The minimum absolute atomic E-state index is 0.0804. The van der Waals surface area contributed by atoms with Gasteiger partial charge >= 0.3 is 0 Å². The highest BCUT2D eigenvalue weighted by Crippen LogP contribution is 2.32. The van der Waals surface area contributed by atoms with Crippen molar-refractivity contribution in [3.63, 3.8) is 0 Å². The number of fused-ring (bicyclic) bond motifs is 1. The molecule has 2 aromatic carbocycles. The van der Waals surface area contributed by atoms with Crippen LogP contribution in [0.15, 0.2) is 59.9 Å². The van der Waals surface area contributed by atoms with Gasteiger partial charge in [-0.3, -0.25) is 9.59 Å². The summed E-state index contributed by atoms with van der Waals surface area (Å²) in [5.41, 5.74) is 2.57. The van der Waals surface area contributed by atoms with Crippen LogP contribution in [0.3, 0.4) is 0 Å². The van der Waals surface area contributed by atoms with Crippen molar-refractivity contribution in [2.75, 3.05) is 25.0 Å². The lowest BCUT2D eigenvalue weighted by Crippen LogP contribution is -2.40. The van der Waals surface area contributed by atoms with Crippen molar-refractivity contribution in [3.05, 3.63) is 71.1 Å². The predicted molar refractivity (Wildman–Crippen MR) is 113 cm³/mol. The molecule has 1 heterocycles. The molecule has 2 aromatic rings. The highest BCUT2D eigenvalue weighted by molar-refractivity contribution is 6.27. The molecule has 0 unspecified atom stereocenters. The number of piperidine rings is 1. The van der Waals surface area contributed by atoms with E-state index >= 15 is 0 Å². The molecule has 1 fully saturated rings. The molecule has 0 saturated carbocycles. The second-order valence-corrected chi connectivity index (χ2v) is 7.68. The van der Waals surface area contributed by atoms with Crippen molar-refractivity contribution >= 4 is 17.3 Å². The minimum atomic E-state index is -0.136. The Balaban J connectivity index is 1.73. The summed E-state index contributed by atoms with van der Waals surface area (Å²) in [6, 6.07) is 14.5. The normalized spacial score (nSPS) is 17.4. The number of hydrogen-bond donors (Lipinski definition) is 1. The summed E-state index contributed by atoms with van der Waals surface area (Å²) in [4.78, 5) is 28.8. The molecule has 0 aromatic heterocycles. The van der Waals surface area contributed by atoms with Gasteiger partial charge in [0.05, 0.1) is 6.61 Å². The molecule has 1 N–H and O–H groups in total. The molecule has 1 aliphatic carbocycles. The second-order valence-electron chi connectivity index (χ2n) is 7.68. The number of rotatable bonds is 5. The van der Waals surface area contributed by atoms with Gasteiger partial charge in [-0.05, 0) is 49.9 Å². The number of ether oxygens (including phenoxy) is 1. The lowest BCUT2D eigenvalue weighted by molar-refractivity contribution is 0.0928. The number of benzene rings is 2. The van der Waals surface area contributed by atoms with Gasteiger partial charge in [-0.1, -0.05) is 31.2 Å². The molecule has 0 spiro atoms. The SMILES string of the molecule is CCOc1ccc(NC2=C(N3CCC(C)CC3)C(=O)c3ccccc3C2=O)cc1. The van der Waals surface area contributed by atoms with E-state index in [1.165, 1.54) is 0 Å². The zero-order valence-electron chi connectivity index (χ0n) is 16.9. The van der Waals surface area contributed by atoms with Crippen molar-refractivity contribution in [1.82, 2.24) is 4.90 Å². The fourth-order valence-electron chi connectivity index (χ4n) is 3.96. The number of carbonyl (C=O) groups excluding carboxylic acids is 2. The fourth-order valence-corrected chi connectivity index (χ4v) is 3.96. The van der Waals surface area contributed by atoms with Crippen LogP contribution in [-0.2, 0) is 0 Å². The van der Waals surface area contributed by atoms with Crippen LogP contribution in [0, 0.1) is 5.92 Å². The third kappa shape index (κ3) is 3.77. The first-order valence-electron chi connectivity index (χ1n) is 10.3. The molecule has 0 atom stereocenters. The first-order chi connectivity index (χ1) is 14.1. The molecule has 150 valence electrons. The molecular weight excluding hydrogens is 364 g/mol. The third-order valence-corrected chi connectivity index (χ3v) is 5.63. The first-order valence-corrected chi connectivity index (χ1v) is 10.3. The summed E-state index contributed by atoms with van der Waals surface area (Å²) >= 11 is 0. The molecule has 0 bridgehead atoms. The number of allylic oxidation sites excluding steroid dienone is 2. The highest BCUT2D eigenvalue weighted by Gasteiger charge is 2.36. The Labute approximate surface area is 171 Å². The fraction of sp³-hybridized carbons (Fsp3) is 0.333. The van der Waals surface area contributed by atoms with E-state index in [4.69, 9.17) is 4.74 Å². The van der Waals surface area contributed by atoms with E-state index in [1.54, 1.807) is 18.2 Å². The first kappa shape index (κ1) is 19.2. The zero-order chi connectivity index (χ0) is 20.4. The largest absolute Gasteiger partial charge is 0.494 e. The standard InChI is InChI=1S/C24H26N2O3/c1-3-29-18-10-8-17(9-11-18)25-21-22(26-14-12-16(2)13-15-26)24(28)20-7-5-4-6-19(20)23(21)27/h4-11,16,25H,3,12-15H2,1-2H3. The lowest BCUT2D eigenvalue weighted by Gasteiger charge is -2.36. The van der Waals surface area contributed by atoms with E-state index in [0.717, 1.165) is 37.4 Å². The number of nitrogens with one attached hydrogen (secondary N) is 1. The van der Waals surface area contributed by atoms with Crippen LogP contribution in [0.1, 0.15) is 47.4 Å². The van der Waals surface area contributed by atoms with Crippen LogP contribution in [0.25, 0.3) is 0 Å². The molecule has 1 saturated heterocycles. The molecular formula is C24H26N2O3. The van der Waals surface area contributed by atoms with Crippen molar-refractivity contribution in [3.8, 4) is 5.75 Å². The zero-order valence-corrected chi connectivity index (χ0v) is 16.9. The average Bonchev–Trinajstić information content (AvgIpc) is 2.74. The summed E-state index contributed by atoms with van der Waals surface area (Å²) in [5.74, 6) is 1.19. The number of nitrogens with zero attached hydrogens (tertiary/aromatic N) is 1. The van der Waals surface area contributed by atoms with Crippen molar-refractivity contribution in [2.45, 2.75) is 26.7 Å². The van der Waals surface area contributed by atoms with Crippen molar-refractivity contribution < 1.29 is 14.3 Å². The summed E-state index contributed by atoms with van der Waals surface area (Å²) in [7, 11) is 0. The second kappa shape index (κ2) is 8.11. The van der Waals surface area contributed by atoms with Crippen LogP contribution in [-0.4, -0.2) is 36.2 Å². The van der Waals surface area contributed by atoms with Crippen LogP contribution in [0.5, 0.6) is 5.75 Å². The third-order valence-electron chi connectivity index (χ3n) is 5.63. The van der Waals surface area contributed by atoms with Crippen molar-refractivity contribution in [2.24, 2.45) is 5.92 Å². The van der Waals surface area contributed by atoms with E-state index in [2.05, 4.69) is 17.1 Å². The molecule has 0 radical (unpaired) electrons. The van der Waals surface area contributed by atoms with Crippen LogP contribution < -0.4 is 10.1 Å². The van der Waals surface area contributed by atoms with Gasteiger partial charge in [0.15, 0.2) is 0 Å². The molecule has 2 aliphatic rings. The molecule has 29 heavy (non-hydrogen) atoms. The Kier molecular flexibility index (Phi) is 5.38.